The topological polar surface area (TPSA) is 120 Å². The first kappa shape index (κ1) is 34.8. The van der Waals surface area contributed by atoms with Gasteiger partial charge in [-0.3, -0.25) is 9.59 Å². The van der Waals surface area contributed by atoms with Crippen LogP contribution in [0.1, 0.15) is 64.1 Å². The van der Waals surface area contributed by atoms with Gasteiger partial charge >= 0.3 is 18.0 Å². The highest BCUT2D eigenvalue weighted by Gasteiger charge is 2.74. The highest BCUT2D eigenvalue weighted by molar-refractivity contribution is 14.1. The first-order valence-electron chi connectivity index (χ1n) is 13.3. The van der Waals surface area contributed by atoms with Crippen molar-refractivity contribution < 1.29 is 40.3 Å². The van der Waals surface area contributed by atoms with Crippen LogP contribution in [0, 0.1) is 17.4 Å². The Morgan fingerprint density at radius 1 is 0.957 bits per heavy atom. The van der Waals surface area contributed by atoms with Crippen molar-refractivity contribution in [2.75, 3.05) is 5.32 Å². The molecule has 0 atom stereocenters. The molecule has 0 fully saturated rings. The molecule has 2 amide bonds. The zero-order valence-electron chi connectivity index (χ0n) is 24.8. The summed E-state index contributed by atoms with van der Waals surface area (Å²) in [5.74, 6) is -13.1. The van der Waals surface area contributed by atoms with Crippen LogP contribution in [0.3, 0.4) is 0 Å². The summed E-state index contributed by atoms with van der Waals surface area (Å²) in [6.45, 7) is 8.19. The molecule has 0 aliphatic carbocycles. The normalized spacial score (nSPS) is 12.7. The Labute approximate surface area is 270 Å². The predicted molar refractivity (Wildman–Crippen MR) is 159 cm³/mol. The second-order valence-corrected chi connectivity index (χ2v) is 12.6. The number of nitrogens with one attached hydrogen (secondary N) is 2. The van der Waals surface area contributed by atoms with Crippen molar-refractivity contribution >= 4 is 40.1 Å². The molecule has 10 nitrogen and oxygen atoms in total. The maximum Gasteiger partial charge on any atom is 0.460 e. The maximum absolute atomic E-state index is 14.2. The second-order valence-electron chi connectivity index (χ2n) is 11.3. The van der Waals surface area contributed by atoms with E-state index < -0.39 is 47.6 Å². The number of pyridine rings is 1. The molecule has 246 valence electrons. The van der Waals surface area contributed by atoms with E-state index in [2.05, 4.69) is 31.0 Å². The monoisotopic (exact) mass is 766 g/mol. The third-order valence-corrected chi connectivity index (χ3v) is 7.00. The van der Waals surface area contributed by atoms with Crippen molar-refractivity contribution in [1.82, 2.24) is 35.1 Å². The summed E-state index contributed by atoms with van der Waals surface area (Å²) in [5, 5.41) is 16.0. The van der Waals surface area contributed by atoms with Gasteiger partial charge in [-0.15, -0.1) is 5.10 Å². The van der Waals surface area contributed by atoms with E-state index in [1.807, 2.05) is 22.6 Å². The molecule has 0 spiro atoms. The number of aromatic nitrogens is 6. The number of anilines is 1. The number of nitrogens with zero attached hydrogens (tertiary/aromatic N) is 6. The third kappa shape index (κ3) is 7.00. The summed E-state index contributed by atoms with van der Waals surface area (Å²) in [6.07, 6.45) is -4.89. The minimum atomic E-state index is -6.55. The van der Waals surface area contributed by atoms with Gasteiger partial charge in [0, 0.05) is 15.3 Å². The molecule has 3 aromatic heterocycles. The fourth-order valence-electron chi connectivity index (χ4n) is 4.23. The van der Waals surface area contributed by atoms with Gasteiger partial charge in [0.15, 0.2) is 11.5 Å². The lowest BCUT2D eigenvalue weighted by Gasteiger charge is -2.26. The summed E-state index contributed by atoms with van der Waals surface area (Å²) in [4.78, 5) is 31.2. The predicted octanol–water partition coefficient (Wildman–Crippen LogP) is 6.20. The SMILES string of the molecule is Cc1cccnc1-n1nc(Cn2cc(C(F)(F)C(F)(F)C(F)(F)F)nn2)cc1C(=O)Nc1c(C)cc(I)cc1C(=O)NC(C)(C)C. The first-order chi connectivity index (χ1) is 21.1. The number of rotatable bonds is 8. The zero-order valence-corrected chi connectivity index (χ0v) is 26.9. The van der Waals surface area contributed by atoms with E-state index in [1.165, 1.54) is 12.3 Å². The average Bonchev–Trinajstić information content (AvgIpc) is 3.56. The Hall–Kier alpha value is -4.10. The van der Waals surface area contributed by atoms with E-state index in [-0.39, 0.29) is 34.7 Å². The molecule has 3 heterocycles. The summed E-state index contributed by atoms with van der Waals surface area (Å²) < 4.78 is 95.9. The maximum atomic E-state index is 14.2. The highest BCUT2D eigenvalue weighted by Crippen LogP contribution is 2.51. The molecule has 0 bridgehead atoms. The molecule has 0 unspecified atom stereocenters. The van der Waals surface area contributed by atoms with Crippen LogP contribution in [0.4, 0.5) is 36.4 Å². The molecule has 4 rings (SSSR count). The third-order valence-electron chi connectivity index (χ3n) is 6.38. The molecule has 46 heavy (non-hydrogen) atoms. The summed E-state index contributed by atoms with van der Waals surface area (Å²) in [5.41, 5.74) is -1.17. The number of hydrogen-bond acceptors (Lipinski definition) is 6. The quantitative estimate of drug-likeness (QED) is 0.163. The number of amides is 2. The van der Waals surface area contributed by atoms with Gasteiger partial charge in [-0.25, -0.2) is 14.3 Å². The molecule has 0 saturated carbocycles. The molecule has 2 N–H and O–H groups in total. The van der Waals surface area contributed by atoms with Crippen molar-refractivity contribution in [2.24, 2.45) is 0 Å². The van der Waals surface area contributed by atoms with Crippen LogP contribution in [0.25, 0.3) is 5.82 Å². The largest absolute Gasteiger partial charge is 0.460 e. The Kier molecular flexibility index (Phi) is 9.26. The second kappa shape index (κ2) is 12.3. The summed E-state index contributed by atoms with van der Waals surface area (Å²) >= 11 is 2.04. The molecular formula is C28H26F7IN8O2. The summed E-state index contributed by atoms with van der Waals surface area (Å²) in [7, 11) is 0. The van der Waals surface area contributed by atoms with Gasteiger partial charge in [-0.1, -0.05) is 11.3 Å². The highest BCUT2D eigenvalue weighted by atomic mass is 127. The molecule has 18 heteroatoms. The Balaban J connectivity index is 1.73. The Morgan fingerprint density at radius 2 is 1.63 bits per heavy atom. The molecular weight excluding hydrogens is 740 g/mol. The number of carbonyl (C=O) groups excluding carboxylic acids is 2. The van der Waals surface area contributed by atoms with Gasteiger partial charge in [-0.05, 0) is 92.6 Å². The van der Waals surface area contributed by atoms with Crippen LogP contribution in [0.2, 0.25) is 0 Å². The number of hydrogen-bond donors (Lipinski definition) is 2. The van der Waals surface area contributed by atoms with E-state index in [9.17, 15) is 40.3 Å². The van der Waals surface area contributed by atoms with Crippen LogP contribution in [-0.4, -0.2) is 59.2 Å². The van der Waals surface area contributed by atoms with Gasteiger partial charge in [0.1, 0.15) is 5.69 Å². The minimum absolute atomic E-state index is 0.0393. The standard InChI is InChI=1S/C28H26F7IN8O2/c1-14-7-6-8-37-22(14)44-19(24(46)38-21-15(2)9-16(36)10-18(21)23(45)39-25(3,4)5)11-17(41-44)12-43-13-20(40-42-43)26(29,30)27(31,32)28(33,34)35/h6-11,13H,12H2,1-5H3,(H,38,46)(H,39,45). The van der Waals surface area contributed by atoms with Crippen molar-refractivity contribution in [3.8, 4) is 5.82 Å². The molecule has 0 saturated heterocycles. The van der Waals surface area contributed by atoms with Crippen LogP contribution < -0.4 is 10.6 Å². The van der Waals surface area contributed by atoms with E-state index in [0.29, 0.717) is 15.8 Å². The molecule has 0 radical (unpaired) electrons. The molecule has 1 aromatic carbocycles. The molecule has 0 aliphatic rings. The number of aryl methyl sites for hydroxylation is 2. The lowest BCUT2D eigenvalue weighted by atomic mass is 10.0. The van der Waals surface area contributed by atoms with E-state index in [4.69, 9.17) is 0 Å². The average molecular weight is 766 g/mol. The van der Waals surface area contributed by atoms with Gasteiger partial charge in [0.05, 0.1) is 29.7 Å². The van der Waals surface area contributed by atoms with E-state index in [1.54, 1.807) is 58.9 Å². The van der Waals surface area contributed by atoms with Gasteiger partial charge in [0.25, 0.3) is 11.8 Å². The van der Waals surface area contributed by atoms with Crippen LogP contribution in [0.5, 0.6) is 0 Å². The lowest BCUT2D eigenvalue weighted by molar-refractivity contribution is -0.360. The van der Waals surface area contributed by atoms with Gasteiger partial charge in [-0.2, -0.15) is 35.8 Å². The van der Waals surface area contributed by atoms with Crippen molar-refractivity contribution in [2.45, 2.75) is 64.7 Å². The fraction of sp³-hybridized carbons (Fsp3) is 0.357. The van der Waals surface area contributed by atoms with Crippen molar-refractivity contribution in [3.05, 3.63) is 80.1 Å². The Bertz CT molecular complexity index is 1790. The number of carbonyl (C=O) groups is 2. The van der Waals surface area contributed by atoms with Gasteiger partial charge in [0.2, 0.25) is 0 Å². The molecule has 4 aromatic rings. The fourth-order valence-corrected chi connectivity index (χ4v) is 5.01. The van der Waals surface area contributed by atoms with Crippen LogP contribution in [0.15, 0.2) is 42.7 Å². The van der Waals surface area contributed by atoms with Gasteiger partial charge < -0.3 is 10.6 Å². The Morgan fingerprint density at radius 3 is 2.24 bits per heavy atom. The first-order valence-corrected chi connectivity index (χ1v) is 14.4. The van der Waals surface area contributed by atoms with Crippen LogP contribution >= 0.6 is 22.6 Å². The summed E-state index contributed by atoms with van der Waals surface area (Å²) in [6, 6.07) is 7.87. The van der Waals surface area contributed by atoms with E-state index >= 15 is 0 Å². The number of halogens is 8. The zero-order chi connectivity index (χ0) is 34.4. The molecule has 0 aliphatic heterocycles. The van der Waals surface area contributed by atoms with E-state index in [0.717, 1.165) is 8.25 Å². The number of alkyl halides is 7. The van der Waals surface area contributed by atoms with Crippen molar-refractivity contribution in [3.63, 3.8) is 0 Å². The van der Waals surface area contributed by atoms with Crippen LogP contribution in [-0.2, 0) is 12.5 Å². The lowest BCUT2D eigenvalue weighted by Crippen LogP contribution is -2.50. The number of benzene rings is 1. The van der Waals surface area contributed by atoms with Crippen molar-refractivity contribution in [1.29, 1.82) is 0 Å². The smallest absolute Gasteiger partial charge is 0.347 e. The minimum Gasteiger partial charge on any atom is -0.347 e.